The summed E-state index contributed by atoms with van der Waals surface area (Å²) in [5, 5.41) is 0. The Morgan fingerprint density at radius 3 is 2.38 bits per heavy atom. The fourth-order valence-corrected chi connectivity index (χ4v) is 2.35. The molecule has 3 nitrogen and oxygen atoms in total. The van der Waals surface area contributed by atoms with Crippen molar-refractivity contribution in [1.82, 2.24) is 4.90 Å². The maximum absolute atomic E-state index is 12.5. The van der Waals surface area contributed by atoms with Gasteiger partial charge in [-0.05, 0) is 30.5 Å². The van der Waals surface area contributed by atoms with Crippen molar-refractivity contribution in [2.45, 2.75) is 31.1 Å². The largest absolute Gasteiger partial charge is 0.416 e. The summed E-state index contributed by atoms with van der Waals surface area (Å²) in [6, 6.07) is 5.37. The Bertz CT molecular complexity index is 443. The van der Waals surface area contributed by atoms with Crippen molar-refractivity contribution < 1.29 is 17.9 Å². The average molecular weight is 302 g/mol. The highest BCUT2D eigenvalue weighted by Gasteiger charge is 2.31. The molecule has 0 saturated heterocycles. The zero-order chi connectivity index (χ0) is 15.5. The van der Waals surface area contributed by atoms with Crippen molar-refractivity contribution in [2.75, 3.05) is 26.8 Å². The lowest BCUT2D eigenvalue weighted by Crippen LogP contribution is -2.36. The first kappa shape index (κ1) is 16.3. The summed E-state index contributed by atoms with van der Waals surface area (Å²) >= 11 is 0. The molecule has 0 amide bonds. The maximum Gasteiger partial charge on any atom is 0.416 e. The van der Waals surface area contributed by atoms with E-state index in [0.29, 0.717) is 19.2 Å². The van der Waals surface area contributed by atoms with Crippen molar-refractivity contribution in [3.63, 3.8) is 0 Å². The quantitative estimate of drug-likeness (QED) is 0.842. The van der Waals surface area contributed by atoms with Gasteiger partial charge >= 0.3 is 6.18 Å². The van der Waals surface area contributed by atoms with Gasteiger partial charge in [-0.25, -0.2) is 0 Å². The molecule has 1 aliphatic carbocycles. The molecule has 6 heteroatoms. The molecule has 1 aromatic carbocycles. The van der Waals surface area contributed by atoms with Gasteiger partial charge in [0.2, 0.25) is 0 Å². The van der Waals surface area contributed by atoms with Crippen molar-refractivity contribution >= 4 is 0 Å². The van der Waals surface area contributed by atoms with Crippen LogP contribution in [0.5, 0.6) is 0 Å². The van der Waals surface area contributed by atoms with Gasteiger partial charge in [0.05, 0.1) is 12.2 Å². The van der Waals surface area contributed by atoms with E-state index < -0.39 is 11.7 Å². The van der Waals surface area contributed by atoms with E-state index in [1.807, 2.05) is 0 Å². The van der Waals surface area contributed by atoms with Gasteiger partial charge in [0.15, 0.2) is 0 Å². The third-order valence-corrected chi connectivity index (χ3v) is 3.74. The Hall–Kier alpha value is -1.11. The average Bonchev–Trinajstić information content (AvgIpc) is 3.27. The summed E-state index contributed by atoms with van der Waals surface area (Å²) in [4.78, 5) is 2.26. The summed E-state index contributed by atoms with van der Waals surface area (Å²) in [5.41, 5.74) is 6.21. The monoisotopic (exact) mass is 302 g/mol. The molecule has 1 unspecified atom stereocenters. The Kier molecular flexibility index (Phi) is 5.24. The molecule has 1 aromatic rings. The zero-order valence-corrected chi connectivity index (χ0v) is 12.1. The van der Waals surface area contributed by atoms with Crippen molar-refractivity contribution in [1.29, 1.82) is 0 Å². The number of nitrogens with two attached hydrogens (primary N) is 1. The standard InChI is InChI=1S/C15H21F3N2O/c1-21-9-8-20(13-6-7-13)10-14(19)11-2-4-12(5-3-11)15(16,17)18/h2-5,13-14H,6-10,19H2,1H3. The normalized spacial score (nSPS) is 17.2. The van der Waals surface area contributed by atoms with Crippen LogP contribution in [0.1, 0.15) is 30.0 Å². The van der Waals surface area contributed by atoms with E-state index in [2.05, 4.69) is 4.90 Å². The molecular formula is C15H21F3N2O. The van der Waals surface area contributed by atoms with Gasteiger partial charge in [0.1, 0.15) is 0 Å². The molecule has 0 bridgehead atoms. The first-order valence-corrected chi connectivity index (χ1v) is 7.07. The van der Waals surface area contributed by atoms with Gasteiger partial charge in [0.25, 0.3) is 0 Å². The molecule has 0 radical (unpaired) electrons. The fraction of sp³-hybridized carbons (Fsp3) is 0.600. The second kappa shape index (κ2) is 6.77. The van der Waals surface area contributed by atoms with Crippen LogP contribution in [0, 0.1) is 0 Å². The van der Waals surface area contributed by atoms with Crippen molar-refractivity contribution in [3.8, 4) is 0 Å². The summed E-state index contributed by atoms with van der Waals surface area (Å²) in [5.74, 6) is 0. The molecule has 1 saturated carbocycles. The van der Waals surface area contributed by atoms with Crippen LogP contribution in [-0.4, -0.2) is 37.7 Å². The lowest BCUT2D eigenvalue weighted by atomic mass is 10.0. The van der Waals surface area contributed by atoms with Crippen LogP contribution in [0.2, 0.25) is 0 Å². The van der Waals surface area contributed by atoms with Crippen molar-refractivity contribution in [3.05, 3.63) is 35.4 Å². The fourth-order valence-electron chi connectivity index (χ4n) is 2.35. The minimum absolute atomic E-state index is 0.287. The van der Waals surface area contributed by atoms with Crippen LogP contribution < -0.4 is 5.73 Å². The number of benzene rings is 1. The summed E-state index contributed by atoms with van der Waals surface area (Å²) < 4.78 is 42.7. The first-order chi connectivity index (χ1) is 9.91. The van der Waals surface area contributed by atoms with Gasteiger partial charge in [0, 0.05) is 32.3 Å². The topological polar surface area (TPSA) is 38.5 Å². The van der Waals surface area contributed by atoms with E-state index in [1.54, 1.807) is 7.11 Å². The Balaban J connectivity index is 1.96. The molecule has 2 rings (SSSR count). The van der Waals surface area contributed by atoms with Crippen LogP contribution in [0.25, 0.3) is 0 Å². The second-order valence-electron chi connectivity index (χ2n) is 5.45. The van der Waals surface area contributed by atoms with Crippen LogP contribution in [0.4, 0.5) is 13.2 Å². The molecular weight excluding hydrogens is 281 g/mol. The Morgan fingerprint density at radius 2 is 1.90 bits per heavy atom. The van der Waals surface area contributed by atoms with E-state index in [0.717, 1.165) is 37.1 Å². The number of methoxy groups -OCH3 is 1. The van der Waals surface area contributed by atoms with Gasteiger partial charge in [-0.3, -0.25) is 4.90 Å². The molecule has 0 spiro atoms. The Morgan fingerprint density at radius 1 is 1.29 bits per heavy atom. The second-order valence-corrected chi connectivity index (χ2v) is 5.45. The lowest BCUT2D eigenvalue weighted by molar-refractivity contribution is -0.137. The molecule has 0 aliphatic heterocycles. The van der Waals surface area contributed by atoms with E-state index in [9.17, 15) is 13.2 Å². The highest BCUT2D eigenvalue weighted by atomic mass is 19.4. The number of hydrogen-bond donors (Lipinski definition) is 1. The molecule has 21 heavy (non-hydrogen) atoms. The minimum atomic E-state index is -4.30. The molecule has 0 aromatic heterocycles. The highest BCUT2D eigenvalue weighted by Crippen LogP contribution is 2.31. The molecule has 1 fully saturated rings. The number of rotatable bonds is 7. The van der Waals surface area contributed by atoms with Gasteiger partial charge in [-0.1, -0.05) is 12.1 Å². The number of halogens is 3. The molecule has 2 N–H and O–H groups in total. The Labute approximate surface area is 122 Å². The van der Waals surface area contributed by atoms with E-state index in [-0.39, 0.29) is 6.04 Å². The van der Waals surface area contributed by atoms with E-state index >= 15 is 0 Å². The number of alkyl halides is 3. The predicted octanol–water partition coefficient (Wildman–Crippen LogP) is 2.82. The minimum Gasteiger partial charge on any atom is -0.383 e. The highest BCUT2D eigenvalue weighted by molar-refractivity contribution is 5.26. The zero-order valence-electron chi connectivity index (χ0n) is 12.1. The molecule has 1 aliphatic rings. The van der Waals surface area contributed by atoms with Gasteiger partial charge in [-0.2, -0.15) is 13.2 Å². The number of nitrogens with zero attached hydrogens (tertiary/aromatic N) is 1. The summed E-state index contributed by atoms with van der Waals surface area (Å²) in [6.45, 7) is 2.07. The summed E-state index contributed by atoms with van der Waals surface area (Å²) in [6.07, 6.45) is -1.99. The number of hydrogen-bond acceptors (Lipinski definition) is 3. The van der Waals surface area contributed by atoms with Crippen molar-refractivity contribution in [2.24, 2.45) is 5.73 Å². The third-order valence-electron chi connectivity index (χ3n) is 3.74. The summed E-state index contributed by atoms with van der Waals surface area (Å²) in [7, 11) is 1.65. The molecule has 0 heterocycles. The SMILES string of the molecule is COCCN(CC(N)c1ccc(C(F)(F)F)cc1)C1CC1. The van der Waals surface area contributed by atoms with Crippen LogP contribution in [0.15, 0.2) is 24.3 Å². The van der Waals surface area contributed by atoms with Crippen LogP contribution >= 0.6 is 0 Å². The van der Waals surface area contributed by atoms with E-state index in [4.69, 9.17) is 10.5 Å². The van der Waals surface area contributed by atoms with E-state index in [1.165, 1.54) is 12.1 Å². The lowest BCUT2D eigenvalue weighted by Gasteiger charge is -2.25. The van der Waals surface area contributed by atoms with Gasteiger partial charge in [-0.15, -0.1) is 0 Å². The first-order valence-electron chi connectivity index (χ1n) is 7.07. The third kappa shape index (κ3) is 4.69. The molecule has 118 valence electrons. The number of ether oxygens (including phenoxy) is 1. The molecule has 1 atom stereocenters. The van der Waals surface area contributed by atoms with Crippen LogP contribution in [0.3, 0.4) is 0 Å². The maximum atomic E-state index is 12.5. The van der Waals surface area contributed by atoms with Crippen LogP contribution in [-0.2, 0) is 10.9 Å². The van der Waals surface area contributed by atoms with Gasteiger partial charge < -0.3 is 10.5 Å². The predicted molar refractivity (Wildman–Crippen MR) is 74.8 cm³/mol. The smallest absolute Gasteiger partial charge is 0.383 e.